The van der Waals surface area contributed by atoms with E-state index in [0.29, 0.717) is 6.79 Å². The highest BCUT2D eigenvalue weighted by molar-refractivity contribution is 5.44. The molecule has 0 spiro atoms. The van der Waals surface area contributed by atoms with Crippen LogP contribution < -0.4 is 14.2 Å². The van der Waals surface area contributed by atoms with Crippen LogP contribution in [-0.4, -0.2) is 40.4 Å². The van der Waals surface area contributed by atoms with Crippen LogP contribution in [0.15, 0.2) is 61.2 Å². The maximum atomic E-state index is 6.26. The minimum Gasteiger partial charge on any atom is -0.489 e. The predicted octanol–water partition coefficient (Wildman–Crippen LogP) is 3.64. The normalized spacial score (nSPS) is 18.9. The molecule has 1 atom stereocenters. The van der Waals surface area contributed by atoms with E-state index in [-0.39, 0.29) is 6.10 Å². The lowest BCUT2D eigenvalue weighted by Crippen LogP contribution is -2.40. The van der Waals surface area contributed by atoms with Gasteiger partial charge in [0.1, 0.15) is 11.9 Å². The number of nitrogens with zero attached hydrogens (tertiary/aromatic N) is 3. The minimum atomic E-state index is 0.210. The second-order valence-corrected chi connectivity index (χ2v) is 7.27. The summed E-state index contributed by atoms with van der Waals surface area (Å²) in [6, 6.07) is 14.4. The number of hydrogen-bond acceptors (Lipinski definition) is 5. The lowest BCUT2D eigenvalue weighted by Gasteiger charge is -2.33. The maximum absolute atomic E-state index is 6.26. The third-order valence-electron chi connectivity index (χ3n) is 5.25. The molecular formula is C22H23N3O3. The molecule has 144 valence electrons. The van der Waals surface area contributed by atoms with Crippen molar-refractivity contribution in [3.05, 3.63) is 66.7 Å². The first-order valence-electron chi connectivity index (χ1n) is 9.69. The lowest BCUT2D eigenvalue weighted by molar-refractivity contribution is 0.0843. The standard InChI is InChI=1S/C22H23N3O3/c1-2-20(28-19-6-4-18(5-7-19)25-11-9-23-15-25)14-24(10-1)13-17-3-8-21-22(12-17)27-16-26-21/h3-9,11-12,15,20H,1-2,10,13-14,16H2. The molecule has 2 aliphatic heterocycles. The highest BCUT2D eigenvalue weighted by Gasteiger charge is 2.22. The molecule has 0 radical (unpaired) electrons. The van der Waals surface area contributed by atoms with Gasteiger partial charge in [0.05, 0.1) is 6.33 Å². The van der Waals surface area contributed by atoms with Crippen LogP contribution in [0.5, 0.6) is 17.2 Å². The Hall–Kier alpha value is -2.99. The Bertz CT molecular complexity index is 925. The Kier molecular flexibility index (Phi) is 4.62. The summed E-state index contributed by atoms with van der Waals surface area (Å²) in [6.45, 7) is 3.24. The van der Waals surface area contributed by atoms with Gasteiger partial charge in [-0.15, -0.1) is 0 Å². The molecule has 0 saturated carbocycles. The molecule has 1 unspecified atom stereocenters. The third-order valence-corrected chi connectivity index (χ3v) is 5.25. The summed E-state index contributed by atoms with van der Waals surface area (Å²) >= 11 is 0. The van der Waals surface area contributed by atoms with E-state index in [1.807, 2.05) is 29.0 Å². The first kappa shape index (κ1) is 17.1. The third kappa shape index (κ3) is 3.68. The molecule has 3 aromatic rings. The van der Waals surface area contributed by atoms with Gasteiger partial charge < -0.3 is 18.8 Å². The molecule has 1 fully saturated rings. The molecule has 0 aliphatic carbocycles. The molecule has 6 nitrogen and oxygen atoms in total. The van der Waals surface area contributed by atoms with E-state index >= 15 is 0 Å². The summed E-state index contributed by atoms with van der Waals surface area (Å²) < 4.78 is 19.1. The van der Waals surface area contributed by atoms with Crippen molar-refractivity contribution in [2.45, 2.75) is 25.5 Å². The number of benzene rings is 2. The van der Waals surface area contributed by atoms with E-state index < -0.39 is 0 Å². The number of hydrogen-bond donors (Lipinski definition) is 0. The largest absolute Gasteiger partial charge is 0.489 e. The Labute approximate surface area is 164 Å². The monoisotopic (exact) mass is 377 g/mol. The second kappa shape index (κ2) is 7.56. The zero-order valence-corrected chi connectivity index (χ0v) is 15.7. The molecular weight excluding hydrogens is 354 g/mol. The highest BCUT2D eigenvalue weighted by Crippen LogP contribution is 2.33. The van der Waals surface area contributed by atoms with Gasteiger partial charge in [-0.2, -0.15) is 0 Å². The molecule has 3 heterocycles. The van der Waals surface area contributed by atoms with Crippen molar-refractivity contribution in [3.63, 3.8) is 0 Å². The Morgan fingerprint density at radius 2 is 1.96 bits per heavy atom. The van der Waals surface area contributed by atoms with E-state index in [9.17, 15) is 0 Å². The van der Waals surface area contributed by atoms with Crippen LogP contribution in [-0.2, 0) is 6.54 Å². The SMILES string of the molecule is c1cn(-c2ccc(OC3CCCN(Cc4ccc5c(c4)OCO5)C3)cc2)cn1. The quantitative estimate of drug-likeness (QED) is 0.679. The molecule has 5 rings (SSSR count). The molecule has 1 saturated heterocycles. The Morgan fingerprint density at radius 1 is 1.07 bits per heavy atom. The average molecular weight is 377 g/mol. The Morgan fingerprint density at radius 3 is 2.82 bits per heavy atom. The van der Waals surface area contributed by atoms with Gasteiger partial charge in [-0.05, 0) is 61.3 Å². The van der Waals surface area contributed by atoms with Crippen LogP contribution in [0.2, 0.25) is 0 Å². The topological polar surface area (TPSA) is 48.8 Å². The van der Waals surface area contributed by atoms with Crippen molar-refractivity contribution >= 4 is 0 Å². The fraction of sp³-hybridized carbons (Fsp3) is 0.318. The van der Waals surface area contributed by atoms with E-state index in [1.165, 1.54) is 5.56 Å². The summed E-state index contributed by atoms with van der Waals surface area (Å²) in [7, 11) is 0. The fourth-order valence-electron chi connectivity index (χ4n) is 3.85. The van der Waals surface area contributed by atoms with Crippen LogP contribution in [0.25, 0.3) is 5.69 Å². The van der Waals surface area contributed by atoms with Crippen molar-refractivity contribution in [3.8, 4) is 22.9 Å². The van der Waals surface area contributed by atoms with Crippen molar-refractivity contribution in [1.82, 2.24) is 14.5 Å². The van der Waals surface area contributed by atoms with Gasteiger partial charge in [-0.3, -0.25) is 4.90 Å². The van der Waals surface area contributed by atoms with Crippen LogP contribution in [0, 0.1) is 0 Å². The van der Waals surface area contributed by atoms with E-state index in [1.54, 1.807) is 12.5 Å². The second-order valence-electron chi connectivity index (χ2n) is 7.27. The van der Waals surface area contributed by atoms with Crippen molar-refractivity contribution < 1.29 is 14.2 Å². The van der Waals surface area contributed by atoms with E-state index in [4.69, 9.17) is 14.2 Å². The van der Waals surface area contributed by atoms with Gasteiger partial charge in [-0.25, -0.2) is 4.98 Å². The number of aromatic nitrogens is 2. The van der Waals surface area contributed by atoms with Gasteiger partial charge in [0.2, 0.25) is 6.79 Å². The summed E-state index contributed by atoms with van der Waals surface area (Å²) in [4.78, 5) is 6.54. The van der Waals surface area contributed by atoms with Gasteiger partial charge >= 0.3 is 0 Å². The zero-order chi connectivity index (χ0) is 18.8. The number of piperidine rings is 1. The van der Waals surface area contributed by atoms with Gasteiger partial charge in [0.25, 0.3) is 0 Å². The van der Waals surface area contributed by atoms with Crippen LogP contribution in [0.3, 0.4) is 0 Å². The number of likely N-dealkylation sites (tertiary alicyclic amines) is 1. The van der Waals surface area contributed by atoms with Crippen molar-refractivity contribution in [2.75, 3.05) is 19.9 Å². The predicted molar refractivity (Wildman–Crippen MR) is 105 cm³/mol. The van der Waals surface area contributed by atoms with E-state index in [2.05, 4.69) is 34.1 Å². The van der Waals surface area contributed by atoms with Crippen molar-refractivity contribution in [1.29, 1.82) is 0 Å². The molecule has 6 heteroatoms. The summed E-state index contributed by atoms with van der Waals surface area (Å²) in [5.41, 5.74) is 2.33. The van der Waals surface area contributed by atoms with Gasteiger partial charge in [-0.1, -0.05) is 6.07 Å². The molecule has 2 aliphatic rings. The van der Waals surface area contributed by atoms with Crippen molar-refractivity contribution in [2.24, 2.45) is 0 Å². The Balaban J connectivity index is 1.20. The number of imidazole rings is 1. The van der Waals surface area contributed by atoms with Crippen LogP contribution >= 0.6 is 0 Å². The molecule has 0 N–H and O–H groups in total. The lowest BCUT2D eigenvalue weighted by atomic mass is 10.1. The highest BCUT2D eigenvalue weighted by atomic mass is 16.7. The molecule has 0 bridgehead atoms. The zero-order valence-electron chi connectivity index (χ0n) is 15.7. The number of ether oxygens (including phenoxy) is 3. The number of rotatable bonds is 5. The van der Waals surface area contributed by atoms with E-state index in [0.717, 1.165) is 55.4 Å². The van der Waals surface area contributed by atoms with Crippen LogP contribution in [0.4, 0.5) is 0 Å². The summed E-state index contributed by atoms with van der Waals surface area (Å²) in [5.74, 6) is 2.60. The number of fused-ring (bicyclic) bond motifs is 1. The molecule has 1 aromatic heterocycles. The molecule has 0 amide bonds. The van der Waals surface area contributed by atoms with Gasteiger partial charge in [0, 0.05) is 31.2 Å². The first-order chi connectivity index (χ1) is 13.8. The van der Waals surface area contributed by atoms with Gasteiger partial charge in [0.15, 0.2) is 11.5 Å². The summed E-state index contributed by atoms with van der Waals surface area (Å²) in [6.07, 6.45) is 7.95. The minimum absolute atomic E-state index is 0.210. The smallest absolute Gasteiger partial charge is 0.231 e. The molecule has 2 aromatic carbocycles. The molecule has 28 heavy (non-hydrogen) atoms. The summed E-state index contributed by atoms with van der Waals surface area (Å²) in [5, 5.41) is 0. The fourth-order valence-corrected chi connectivity index (χ4v) is 3.85. The van der Waals surface area contributed by atoms with Crippen LogP contribution in [0.1, 0.15) is 18.4 Å². The first-order valence-corrected chi connectivity index (χ1v) is 9.69. The average Bonchev–Trinajstić information content (AvgIpc) is 3.41. The maximum Gasteiger partial charge on any atom is 0.231 e.